The van der Waals surface area contributed by atoms with E-state index >= 15 is 0 Å². The molecular weight excluding hydrogens is 120 g/mol. The van der Waals surface area contributed by atoms with E-state index in [0.717, 1.165) is 5.92 Å². The Bertz CT molecular complexity index is 69.1. The van der Waals surface area contributed by atoms with Gasteiger partial charge >= 0.3 is 20.4 Å². The molecule has 0 saturated carbocycles. The van der Waals surface area contributed by atoms with Crippen molar-refractivity contribution in [1.82, 2.24) is 0 Å². The third kappa shape index (κ3) is 8.77. The summed E-state index contributed by atoms with van der Waals surface area (Å²) in [6.45, 7) is 11.7. The Labute approximate surface area is 69.1 Å². The lowest BCUT2D eigenvalue weighted by atomic mass is 10.2. The fourth-order valence-corrected chi connectivity index (χ4v) is 2.17. The topological polar surface area (TPSA) is 0 Å². The molecule has 9 heavy (non-hydrogen) atoms. The Hall–Kier alpha value is 0.766. The first-order valence-electron chi connectivity index (χ1n) is 3.92. The van der Waals surface area contributed by atoms with E-state index in [2.05, 4.69) is 34.6 Å². The zero-order valence-electron chi connectivity index (χ0n) is 7.49. The molecule has 0 amide bonds. The lowest BCUT2D eigenvalue weighted by Crippen LogP contribution is -2.09. The highest BCUT2D eigenvalue weighted by Crippen LogP contribution is 2.23. The van der Waals surface area contributed by atoms with Crippen molar-refractivity contribution in [2.75, 3.05) is 0 Å². The molecule has 0 radical (unpaired) electrons. The molecule has 0 aliphatic carbocycles. The summed E-state index contributed by atoms with van der Waals surface area (Å²) in [5.74, 6) is 0.927. The molecule has 0 aromatic carbocycles. The van der Waals surface area contributed by atoms with Crippen LogP contribution in [0.15, 0.2) is 0 Å². The summed E-state index contributed by atoms with van der Waals surface area (Å²) in [5.41, 5.74) is 0. The molecule has 0 N–H and O–H groups in total. The molecule has 0 atom stereocenters. The normalized spacial score (nSPS) is 11.8. The fraction of sp³-hybridized carbons (Fsp3) is 1.00. The molecule has 0 heterocycles. The second-order valence-corrected chi connectivity index (χ2v) is 7.69. The van der Waals surface area contributed by atoms with Gasteiger partial charge in [0.05, 0.1) is 0 Å². The highest BCUT2D eigenvalue weighted by molar-refractivity contribution is 6.39. The number of hydrogen-bond acceptors (Lipinski definition) is 0. The smallest absolute Gasteiger partial charge is 0.143 e. The van der Waals surface area contributed by atoms with E-state index < -0.39 is 0 Å². The van der Waals surface area contributed by atoms with Crippen LogP contribution in [-0.4, -0.2) is 20.4 Å². The lowest BCUT2D eigenvalue weighted by molar-refractivity contribution is 0.689. The van der Waals surface area contributed by atoms with Crippen molar-refractivity contribution >= 4 is 20.4 Å². The Morgan fingerprint density at radius 2 is 1.67 bits per heavy atom. The van der Waals surface area contributed by atoms with Crippen molar-refractivity contribution in [2.24, 2.45) is 5.92 Å². The Kier molecular flexibility index (Phi) is 4.14. The zero-order valence-corrected chi connectivity index (χ0v) is 8.91. The molecule has 1 heteroatoms. The average Bonchev–Trinajstić information content (AvgIpc) is 1.59. The summed E-state index contributed by atoms with van der Waals surface area (Å²) in [6, 6.07) is 0. The van der Waals surface area contributed by atoms with E-state index in [-0.39, 0.29) is 20.4 Å². The van der Waals surface area contributed by atoms with Crippen LogP contribution in [0.25, 0.3) is 0 Å². The van der Waals surface area contributed by atoms with E-state index in [9.17, 15) is 0 Å². The molecule has 0 nitrogen and oxygen atoms in total. The standard InChI is InChI=1S/2C4H9.Mg/c2*1-4(2)3;/h1-3H3;4H,1H2,2-3H3;. The maximum Gasteiger partial charge on any atom is 0.372 e. The van der Waals surface area contributed by atoms with Gasteiger partial charge in [-0.25, -0.2) is 0 Å². The van der Waals surface area contributed by atoms with E-state index in [1.54, 1.807) is 0 Å². The number of hydrogen-bond donors (Lipinski definition) is 0. The minimum atomic E-state index is 0.202. The predicted octanol–water partition coefficient (Wildman–Crippen LogP) is 2.98. The van der Waals surface area contributed by atoms with E-state index in [4.69, 9.17) is 0 Å². The predicted molar refractivity (Wildman–Crippen MR) is 45.1 cm³/mol. The van der Waals surface area contributed by atoms with Crippen LogP contribution in [0, 0.1) is 5.92 Å². The van der Waals surface area contributed by atoms with Gasteiger partial charge in [-0.15, -0.1) is 8.09 Å². The van der Waals surface area contributed by atoms with Crippen LogP contribution in [0.4, 0.5) is 0 Å². The second kappa shape index (κ2) is 3.82. The van der Waals surface area contributed by atoms with Gasteiger partial charge in [0.2, 0.25) is 0 Å². The van der Waals surface area contributed by atoms with Gasteiger partial charge in [0.25, 0.3) is 0 Å². The molecule has 0 unspecified atom stereocenters. The van der Waals surface area contributed by atoms with Gasteiger partial charge in [0.15, 0.2) is 0 Å². The first kappa shape index (κ1) is 9.77. The van der Waals surface area contributed by atoms with Gasteiger partial charge in [-0.1, -0.05) is 40.5 Å². The maximum absolute atomic E-state index is 2.36. The average molecular weight is 139 g/mol. The van der Waals surface area contributed by atoms with Gasteiger partial charge in [-0.2, -0.15) is 0 Å². The Morgan fingerprint density at radius 3 is 1.78 bits per heavy atom. The van der Waals surface area contributed by atoms with Crippen LogP contribution >= 0.6 is 0 Å². The largest absolute Gasteiger partial charge is 0.372 e. The van der Waals surface area contributed by atoms with Gasteiger partial charge in [-0.3, -0.25) is 0 Å². The minimum absolute atomic E-state index is 0.202. The first-order chi connectivity index (χ1) is 3.92. The van der Waals surface area contributed by atoms with Gasteiger partial charge in [-0.05, 0) is 0 Å². The number of rotatable bonds is 2. The van der Waals surface area contributed by atoms with Gasteiger partial charge in [0.1, 0.15) is 0 Å². The lowest BCUT2D eigenvalue weighted by Gasteiger charge is -2.17. The fourth-order valence-electron chi connectivity index (χ4n) is 0.722. The first-order valence-corrected chi connectivity index (χ1v) is 5.62. The van der Waals surface area contributed by atoms with Crippen LogP contribution in [0.2, 0.25) is 8.09 Å². The quantitative estimate of drug-likeness (QED) is 0.515. The van der Waals surface area contributed by atoms with Crippen molar-refractivity contribution in [3.8, 4) is 0 Å². The molecule has 0 aromatic rings. The van der Waals surface area contributed by atoms with Crippen molar-refractivity contribution in [2.45, 2.75) is 42.7 Å². The third-order valence-electron chi connectivity index (χ3n) is 1.47. The molecule has 0 rings (SSSR count). The molecule has 0 aliphatic rings. The van der Waals surface area contributed by atoms with Crippen LogP contribution in [0.1, 0.15) is 34.6 Å². The Balaban J connectivity index is 3.28. The summed E-state index contributed by atoms with van der Waals surface area (Å²) in [5, 5.41) is 0. The summed E-state index contributed by atoms with van der Waals surface area (Å²) in [6.07, 6.45) is 0. The molecule has 0 aliphatic heterocycles. The second-order valence-electron chi connectivity index (χ2n) is 4.49. The molecule has 0 saturated heterocycles. The van der Waals surface area contributed by atoms with E-state index in [1.807, 2.05) is 0 Å². The molecule has 0 aromatic heterocycles. The molecular formula is C8H18Mg. The van der Waals surface area contributed by atoms with Crippen molar-refractivity contribution in [3.63, 3.8) is 0 Å². The van der Waals surface area contributed by atoms with Crippen LogP contribution in [0.5, 0.6) is 0 Å². The summed E-state index contributed by atoms with van der Waals surface area (Å²) in [7, 11) is 0. The van der Waals surface area contributed by atoms with Crippen molar-refractivity contribution in [1.29, 1.82) is 0 Å². The monoisotopic (exact) mass is 138 g/mol. The van der Waals surface area contributed by atoms with Crippen molar-refractivity contribution < 1.29 is 0 Å². The van der Waals surface area contributed by atoms with Gasteiger partial charge < -0.3 is 0 Å². The highest BCUT2D eigenvalue weighted by atomic mass is 24.5. The molecule has 0 bridgehead atoms. The Morgan fingerprint density at radius 1 is 1.22 bits per heavy atom. The molecule has 52 valence electrons. The van der Waals surface area contributed by atoms with E-state index in [0.29, 0.717) is 3.54 Å². The summed E-state index contributed by atoms with van der Waals surface area (Å²) < 4.78 is 2.17. The van der Waals surface area contributed by atoms with Crippen LogP contribution in [-0.2, 0) is 0 Å². The summed E-state index contributed by atoms with van der Waals surface area (Å²) >= 11 is 0.202. The minimum Gasteiger partial charge on any atom is -0.143 e. The van der Waals surface area contributed by atoms with Crippen LogP contribution < -0.4 is 0 Å². The molecule has 0 fully saturated rings. The van der Waals surface area contributed by atoms with Crippen molar-refractivity contribution in [3.05, 3.63) is 0 Å². The van der Waals surface area contributed by atoms with Crippen LogP contribution in [0.3, 0.4) is 0 Å². The highest BCUT2D eigenvalue weighted by Gasteiger charge is 2.14. The summed E-state index contributed by atoms with van der Waals surface area (Å²) in [4.78, 5) is 0. The zero-order chi connectivity index (χ0) is 7.49. The van der Waals surface area contributed by atoms with E-state index in [1.165, 1.54) is 4.55 Å². The SMILES string of the molecule is CC(C)[CH2][Mg][C](C)(C)C. The maximum atomic E-state index is 2.36. The van der Waals surface area contributed by atoms with Gasteiger partial charge in [0, 0.05) is 0 Å². The third-order valence-corrected chi connectivity index (χ3v) is 4.42. The molecule has 0 spiro atoms.